The number of carbonyl (C=O) groups excluding carboxylic acids is 1. The van der Waals surface area contributed by atoms with Crippen LogP contribution in [0.15, 0.2) is 0 Å². The quantitative estimate of drug-likeness (QED) is 0.250. The van der Waals surface area contributed by atoms with Crippen LogP contribution in [0.3, 0.4) is 0 Å². The number of aliphatic carboxylic acids is 3. The van der Waals surface area contributed by atoms with Gasteiger partial charge >= 0.3 is 23.9 Å². The molecule has 24 heavy (non-hydrogen) atoms. The summed E-state index contributed by atoms with van der Waals surface area (Å²) < 4.78 is 0. The van der Waals surface area contributed by atoms with E-state index in [9.17, 15) is 19.2 Å². The average Bonchev–Trinajstić information content (AvgIpc) is 2.49. The maximum absolute atomic E-state index is 11.7. The Morgan fingerprint density at radius 3 is 1.88 bits per heavy atom. The molecule has 0 aromatic heterocycles. The normalized spacial score (nSPS) is 12.9. The smallest absolute Gasteiger partial charge is 0.326 e. The van der Waals surface area contributed by atoms with Gasteiger partial charge in [-0.1, -0.05) is 6.92 Å². The molecular weight excluding hydrogens is 322 g/mol. The van der Waals surface area contributed by atoms with Gasteiger partial charge < -0.3 is 31.3 Å². The first-order valence-electron chi connectivity index (χ1n) is 7.73. The molecule has 10 heteroatoms. The van der Waals surface area contributed by atoms with Gasteiger partial charge in [-0.3, -0.25) is 4.79 Å². The lowest BCUT2D eigenvalue weighted by molar-refractivity contribution is -0.140. The molecule has 0 unspecified atom stereocenters. The van der Waals surface area contributed by atoms with Crippen molar-refractivity contribution in [2.24, 2.45) is 0 Å². The zero-order valence-electron chi connectivity index (χ0n) is 13.6. The molecule has 10 nitrogen and oxygen atoms in total. The second kappa shape index (κ2) is 12.1. The molecule has 0 heterocycles. The second-order valence-corrected chi connectivity index (χ2v) is 5.18. The van der Waals surface area contributed by atoms with Gasteiger partial charge in [0.15, 0.2) is 0 Å². The fourth-order valence-electron chi connectivity index (χ4n) is 1.92. The van der Waals surface area contributed by atoms with E-state index < -0.39 is 42.4 Å². The van der Waals surface area contributed by atoms with E-state index in [1.807, 2.05) is 6.92 Å². The highest BCUT2D eigenvalue weighted by Gasteiger charge is 2.24. The molecule has 2 atom stereocenters. The number of carboxylic acids is 3. The molecule has 0 fully saturated rings. The molecule has 0 spiro atoms. The molecule has 0 aliphatic carbocycles. The summed E-state index contributed by atoms with van der Waals surface area (Å²) in [5, 5.41) is 34.0. The molecule has 0 aliphatic rings. The molecule has 0 aliphatic heterocycles. The molecular formula is C14H25N3O7. The summed E-state index contributed by atoms with van der Waals surface area (Å²) in [5.74, 6) is -3.79. The standard InChI is InChI=1S/C14H25N3O7/c1-2-15-8-4-3-5-9(12(20)21)16-14(24)17-10(13(22)23)6-7-11(18)19/h9-10,15H,2-8H2,1H3,(H,18,19)(H,20,21)(H,22,23)(H2,16,17,24)/t9-,10-/m0/s1. The fourth-order valence-corrected chi connectivity index (χ4v) is 1.92. The first-order chi connectivity index (χ1) is 11.3. The van der Waals surface area contributed by atoms with Gasteiger partial charge in [-0.05, 0) is 38.8 Å². The SMILES string of the molecule is CCNCCCC[C@H](NC(=O)N[C@@H](CCC(=O)O)C(=O)O)C(=O)O. The van der Waals surface area contributed by atoms with E-state index in [0.717, 1.165) is 19.5 Å². The maximum Gasteiger partial charge on any atom is 0.326 e. The van der Waals surface area contributed by atoms with Crippen molar-refractivity contribution in [1.29, 1.82) is 0 Å². The van der Waals surface area contributed by atoms with Gasteiger partial charge in [-0.25, -0.2) is 14.4 Å². The summed E-state index contributed by atoms with van der Waals surface area (Å²) in [6, 6.07) is -3.49. The third kappa shape index (κ3) is 10.4. The van der Waals surface area contributed by atoms with E-state index in [2.05, 4.69) is 16.0 Å². The van der Waals surface area contributed by atoms with Gasteiger partial charge in [0, 0.05) is 6.42 Å². The Bertz CT molecular complexity index is 442. The number of unbranched alkanes of at least 4 members (excludes halogenated alkanes) is 1. The average molecular weight is 347 g/mol. The third-order valence-electron chi connectivity index (χ3n) is 3.20. The summed E-state index contributed by atoms with van der Waals surface area (Å²) in [6.45, 7) is 3.51. The monoisotopic (exact) mass is 347 g/mol. The van der Waals surface area contributed by atoms with E-state index in [1.165, 1.54) is 0 Å². The van der Waals surface area contributed by atoms with Gasteiger partial charge in [0.1, 0.15) is 12.1 Å². The van der Waals surface area contributed by atoms with E-state index >= 15 is 0 Å². The lowest BCUT2D eigenvalue weighted by Crippen LogP contribution is -2.51. The summed E-state index contributed by atoms with van der Waals surface area (Å²) in [5.41, 5.74) is 0. The number of carboxylic acid groups (broad SMARTS) is 3. The van der Waals surface area contributed by atoms with Gasteiger partial charge in [0.05, 0.1) is 0 Å². The highest BCUT2D eigenvalue weighted by atomic mass is 16.4. The number of nitrogens with one attached hydrogen (secondary N) is 3. The van der Waals surface area contributed by atoms with Crippen molar-refractivity contribution in [1.82, 2.24) is 16.0 Å². The van der Waals surface area contributed by atoms with Crippen molar-refractivity contribution >= 4 is 23.9 Å². The van der Waals surface area contributed by atoms with Crippen LogP contribution in [-0.2, 0) is 14.4 Å². The van der Waals surface area contributed by atoms with E-state index in [1.54, 1.807) is 0 Å². The molecule has 0 saturated carbocycles. The largest absolute Gasteiger partial charge is 0.481 e. The number of urea groups is 1. The van der Waals surface area contributed by atoms with Crippen molar-refractivity contribution < 1.29 is 34.5 Å². The minimum absolute atomic E-state index is 0.209. The maximum atomic E-state index is 11.7. The minimum atomic E-state index is -1.40. The zero-order chi connectivity index (χ0) is 18.5. The molecule has 0 aromatic carbocycles. The van der Waals surface area contributed by atoms with Crippen LogP contribution in [0.25, 0.3) is 0 Å². The lowest BCUT2D eigenvalue weighted by Gasteiger charge is -2.18. The topological polar surface area (TPSA) is 165 Å². The Morgan fingerprint density at radius 2 is 1.42 bits per heavy atom. The lowest BCUT2D eigenvalue weighted by atomic mass is 10.1. The van der Waals surface area contributed by atoms with Crippen LogP contribution in [0.4, 0.5) is 4.79 Å². The van der Waals surface area contributed by atoms with Crippen LogP contribution in [0.5, 0.6) is 0 Å². The fraction of sp³-hybridized carbons (Fsp3) is 0.714. The summed E-state index contributed by atoms with van der Waals surface area (Å²) in [6.07, 6.45) is 0.812. The third-order valence-corrected chi connectivity index (χ3v) is 3.20. The van der Waals surface area contributed by atoms with Crippen LogP contribution in [0.2, 0.25) is 0 Å². The van der Waals surface area contributed by atoms with Crippen molar-refractivity contribution in [3.63, 3.8) is 0 Å². The van der Waals surface area contributed by atoms with E-state index in [4.69, 9.17) is 15.3 Å². The summed E-state index contributed by atoms with van der Waals surface area (Å²) in [7, 11) is 0. The Labute approximate surface area is 139 Å². The van der Waals surface area contributed by atoms with Crippen LogP contribution < -0.4 is 16.0 Å². The van der Waals surface area contributed by atoms with Crippen molar-refractivity contribution in [2.75, 3.05) is 13.1 Å². The Balaban J connectivity index is 4.40. The molecule has 138 valence electrons. The summed E-state index contributed by atoms with van der Waals surface area (Å²) in [4.78, 5) is 44.3. The number of amides is 2. The number of hydrogen-bond donors (Lipinski definition) is 6. The Kier molecular flexibility index (Phi) is 10.9. The second-order valence-electron chi connectivity index (χ2n) is 5.18. The van der Waals surface area contributed by atoms with Crippen molar-refractivity contribution in [2.45, 2.75) is 51.1 Å². The zero-order valence-corrected chi connectivity index (χ0v) is 13.6. The molecule has 0 bridgehead atoms. The van der Waals surface area contributed by atoms with Crippen molar-refractivity contribution in [3.05, 3.63) is 0 Å². The predicted molar refractivity (Wildman–Crippen MR) is 83.8 cm³/mol. The highest BCUT2D eigenvalue weighted by Crippen LogP contribution is 2.02. The van der Waals surface area contributed by atoms with Gasteiger partial charge in [-0.15, -0.1) is 0 Å². The van der Waals surface area contributed by atoms with Crippen LogP contribution in [0.1, 0.15) is 39.0 Å². The van der Waals surface area contributed by atoms with Crippen LogP contribution in [-0.4, -0.2) is 64.4 Å². The van der Waals surface area contributed by atoms with Crippen LogP contribution in [0, 0.1) is 0 Å². The van der Waals surface area contributed by atoms with E-state index in [0.29, 0.717) is 6.42 Å². The molecule has 0 saturated heterocycles. The summed E-state index contributed by atoms with van der Waals surface area (Å²) >= 11 is 0. The molecule has 6 N–H and O–H groups in total. The molecule has 2 amide bonds. The van der Waals surface area contributed by atoms with Gasteiger partial charge in [-0.2, -0.15) is 0 Å². The predicted octanol–water partition coefficient (Wildman–Crippen LogP) is -0.163. The van der Waals surface area contributed by atoms with Crippen molar-refractivity contribution in [3.8, 4) is 0 Å². The highest BCUT2D eigenvalue weighted by molar-refractivity contribution is 5.86. The molecule has 0 radical (unpaired) electrons. The van der Waals surface area contributed by atoms with Crippen LogP contribution >= 0.6 is 0 Å². The number of rotatable bonds is 13. The van der Waals surface area contributed by atoms with Gasteiger partial charge in [0.2, 0.25) is 0 Å². The van der Waals surface area contributed by atoms with E-state index in [-0.39, 0.29) is 12.8 Å². The Hall–Kier alpha value is -2.36. The molecule has 0 rings (SSSR count). The minimum Gasteiger partial charge on any atom is -0.481 e. The first-order valence-corrected chi connectivity index (χ1v) is 7.73. The number of hydrogen-bond acceptors (Lipinski definition) is 5. The van der Waals surface area contributed by atoms with Gasteiger partial charge in [0.25, 0.3) is 0 Å². The Morgan fingerprint density at radius 1 is 0.875 bits per heavy atom. The number of carbonyl (C=O) groups is 4. The molecule has 0 aromatic rings. The first kappa shape index (κ1) is 21.6.